The van der Waals surface area contributed by atoms with Gasteiger partial charge in [-0.15, -0.1) is 0 Å². The van der Waals surface area contributed by atoms with E-state index in [1.54, 1.807) is 6.07 Å². The Kier molecular flexibility index (Phi) is 4.34. The SMILES string of the molecule is CCC(C#N)S(=O)(=O)Nc1cc(C(=O)O)ccc1O. The van der Waals surface area contributed by atoms with E-state index in [1.807, 2.05) is 4.72 Å². The third-order valence-corrected chi connectivity index (χ3v) is 4.08. The molecule has 0 saturated heterocycles. The third-order valence-electron chi connectivity index (χ3n) is 2.39. The first-order valence-corrected chi connectivity index (χ1v) is 6.84. The molecule has 0 aromatic heterocycles. The average molecular weight is 284 g/mol. The molecule has 7 nitrogen and oxygen atoms in total. The van der Waals surface area contributed by atoms with Crippen LogP contribution in [0.4, 0.5) is 5.69 Å². The maximum absolute atomic E-state index is 11.8. The largest absolute Gasteiger partial charge is 0.506 e. The number of carboxylic acid groups (broad SMARTS) is 1. The molecule has 1 rings (SSSR count). The number of phenolic OH excluding ortho intramolecular Hbond substituents is 1. The lowest BCUT2D eigenvalue weighted by Gasteiger charge is -2.12. The molecule has 0 fully saturated rings. The molecule has 102 valence electrons. The van der Waals surface area contributed by atoms with E-state index in [0.717, 1.165) is 18.2 Å². The Morgan fingerprint density at radius 1 is 1.53 bits per heavy atom. The Morgan fingerprint density at radius 2 is 2.16 bits per heavy atom. The molecular weight excluding hydrogens is 272 g/mol. The van der Waals surface area contributed by atoms with E-state index in [-0.39, 0.29) is 17.7 Å². The number of carboxylic acids is 1. The highest BCUT2D eigenvalue weighted by Gasteiger charge is 2.24. The number of hydrogen-bond acceptors (Lipinski definition) is 5. The van der Waals surface area contributed by atoms with Crippen LogP contribution in [0.25, 0.3) is 0 Å². The molecule has 0 aliphatic carbocycles. The minimum Gasteiger partial charge on any atom is -0.506 e. The highest BCUT2D eigenvalue weighted by Crippen LogP contribution is 2.26. The van der Waals surface area contributed by atoms with Gasteiger partial charge in [-0.05, 0) is 24.6 Å². The maximum Gasteiger partial charge on any atom is 0.335 e. The number of benzene rings is 1. The quantitative estimate of drug-likeness (QED) is 0.695. The number of nitrogens with zero attached hydrogens (tertiary/aromatic N) is 1. The summed E-state index contributed by atoms with van der Waals surface area (Å²) in [7, 11) is -4.00. The summed E-state index contributed by atoms with van der Waals surface area (Å²) in [5.74, 6) is -1.67. The second-order valence-corrected chi connectivity index (χ2v) is 5.57. The molecule has 0 spiro atoms. The van der Waals surface area contributed by atoms with E-state index < -0.39 is 27.0 Å². The van der Waals surface area contributed by atoms with Crippen LogP contribution in [0.3, 0.4) is 0 Å². The Morgan fingerprint density at radius 3 is 2.63 bits per heavy atom. The highest BCUT2D eigenvalue weighted by molar-refractivity contribution is 7.93. The van der Waals surface area contributed by atoms with Crippen molar-refractivity contribution in [2.24, 2.45) is 0 Å². The smallest absolute Gasteiger partial charge is 0.335 e. The van der Waals surface area contributed by atoms with Gasteiger partial charge in [-0.1, -0.05) is 6.92 Å². The Labute approximate surface area is 110 Å². The zero-order valence-electron chi connectivity index (χ0n) is 9.99. The third kappa shape index (κ3) is 3.35. The zero-order valence-corrected chi connectivity index (χ0v) is 10.8. The molecule has 0 radical (unpaired) electrons. The number of nitriles is 1. The molecule has 1 aromatic rings. The number of aromatic hydroxyl groups is 1. The predicted octanol–water partition coefficient (Wildman–Crippen LogP) is 1.13. The van der Waals surface area contributed by atoms with Gasteiger partial charge < -0.3 is 10.2 Å². The van der Waals surface area contributed by atoms with E-state index in [1.165, 1.54) is 6.92 Å². The molecular formula is C11H12N2O5S. The summed E-state index contributed by atoms with van der Waals surface area (Å²) < 4.78 is 25.6. The van der Waals surface area contributed by atoms with E-state index in [2.05, 4.69) is 0 Å². The van der Waals surface area contributed by atoms with Gasteiger partial charge in [0.15, 0.2) is 5.25 Å². The fourth-order valence-corrected chi connectivity index (χ4v) is 2.55. The summed E-state index contributed by atoms with van der Waals surface area (Å²) in [5, 5.41) is 25.7. The molecule has 0 bridgehead atoms. The van der Waals surface area contributed by atoms with E-state index in [4.69, 9.17) is 10.4 Å². The molecule has 1 aromatic carbocycles. The van der Waals surface area contributed by atoms with Crippen LogP contribution in [0.5, 0.6) is 5.75 Å². The molecule has 0 amide bonds. The van der Waals surface area contributed by atoms with Gasteiger partial charge in [-0.2, -0.15) is 5.26 Å². The molecule has 1 atom stereocenters. The van der Waals surface area contributed by atoms with Gasteiger partial charge in [0.25, 0.3) is 0 Å². The molecule has 3 N–H and O–H groups in total. The van der Waals surface area contributed by atoms with Crippen molar-refractivity contribution in [2.75, 3.05) is 4.72 Å². The number of hydrogen-bond donors (Lipinski definition) is 3. The fourth-order valence-electron chi connectivity index (χ4n) is 1.36. The van der Waals surface area contributed by atoms with Crippen molar-refractivity contribution in [3.8, 4) is 11.8 Å². The molecule has 0 saturated carbocycles. The summed E-state index contributed by atoms with van der Waals surface area (Å²) in [6.07, 6.45) is 0.0746. The second-order valence-electron chi connectivity index (χ2n) is 3.71. The van der Waals surface area contributed by atoms with Gasteiger partial charge in [-0.25, -0.2) is 13.2 Å². The van der Waals surface area contributed by atoms with Crippen molar-refractivity contribution in [3.63, 3.8) is 0 Å². The average Bonchev–Trinajstić information content (AvgIpc) is 2.32. The monoisotopic (exact) mass is 284 g/mol. The van der Waals surface area contributed by atoms with Crippen LogP contribution in [-0.2, 0) is 10.0 Å². The highest BCUT2D eigenvalue weighted by atomic mass is 32.2. The first-order valence-electron chi connectivity index (χ1n) is 5.29. The van der Waals surface area contributed by atoms with Crippen LogP contribution in [0.2, 0.25) is 0 Å². The van der Waals surface area contributed by atoms with Crippen LogP contribution in [0, 0.1) is 11.3 Å². The summed E-state index contributed by atoms with van der Waals surface area (Å²) in [6, 6.07) is 4.81. The number of phenols is 1. The topological polar surface area (TPSA) is 127 Å². The van der Waals surface area contributed by atoms with Crippen molar-refractivity contribution in [3.05, 3.63) is 23.8 Å². The van der Waals surface area contributed by atoms with Crippen LogP contribution in [0.15, 0.2) is 18.2 Å². The molecule has 0 aliphatic heterocycles. The van der Waals surface area contributed by atoms with E-state index in [0.29, 0.717) is 0 Å². The standard InChI is InChI=1S/C11H12N2O5S/c1-2-8(6-12)19(17,18)13-9-5-7(11(15)16)3-4-10(9)14/h3-5,8,13-14H,2H2,1H3,(H,15,16). The lowest BCUT2D eigenvalue weighted by Crippen LogP contribution is -2.26. The van der Waals surface area contributed by atoms with Crippen molar-refractivity contribution in [1.82, 2.24) is 0 Å². The minimum atomic E-state index is -4.00. The van der Waals surface area contributed by atoms with Gasteiger partial charge in [0.05, 0.1) is 17.3 Å². The van der Waals surface area contributed by atoms with Crippen molar-refractivity contribution >= 4 is 21.7 Å². The van der Waals surface area contributed by atoms with Crippen LogP contribution >= 0.6 is 0 Å². The summed E-state index contributed by atoms with van der Waals surface area (Å²) in [4.78, 5) is 10.8. The summed E-state index contributed by atoms with van der Waals surface area (Å²) in [6.45, 7) is 1.53. The second kappa shape index (κ2) is 5.58. The van der Waals surface area contributed by atoms with Crippen molar-refractivity contribution in [2.45, 2.75) is 18.6 Å². The summed E-state index contributed by atoms with van der Waals surface area (Å²) in [5.41, 5.74) is -0.450. The number of carbonyl (C=O) groups is 1. The first-order chi connectivity index (χ1) is 8.81. The number of anilines is 1. The van der Waals surface area contributed by atoms with Crippen LogP contribution < -0.4 is 4.72 Å². The Bertz CT molecular complexity index is 633. The molecule has 0 aliphatic rings. The summed E-state index contributed by atoms with van der Waals surface area (Å²) >= 11 is 0. The van der Waals surface area contributed by atoms with Crippen molar-refractivity contribution < 1.29 is 23.4 Å². The van der Waals surface area contributed by atoms with Gasteiger partial charge in [0, 0.05) is 0 Å². The minimum absolute atomic E-state index is 0.0746. The zero-order chi connectivity index (χ0) is 14.6. The van der Waals surface area contributed by atoms with Gasteiger partial charge in [0.1, 0.15) is 5.75 Å². The Balaban J connectivity index is 3.16. The predicted molar refractivity (Wildman–Crippen MR) is 67.3 cm³/mol. The Hall–Kier alpha value is -2.27. The lowest BCUT2D eigenvalue weighted by molar-refractivity contribution is 0.0697. The van der Waals surface area contributed by atoms with Gasteiger partial charge >= 0.3 is 5.97 Å². The maximum atomic E-state index is 11.8. The normalized spacial score (nSPS) is 12.4. The lowest BCUT2D eigenvalue weighted by atomic mass is 10.2. The van der Waals surface area contributed by atoms with Gasteiger partial charge in [0.2, 0.25) is 10.0 Å². The number of sulfonamides is 1. The van der Waals surface area contributed by atoms with E-state index >= 15 is 0 Å². The number of nitrogens with one attached hydrogen (secondary N) is 1. The molecule has 1 unspecified atom stereocenters. The van der Waals surface area contributed by atoms with E-state index in [9.17, 15) is 18.3 Å². The fraction of sp³-hybridized carbons (Fsp3) is 0.273. The number of aromatic carboxylic acids is 1. The molecule has 0 heterocycles. The van der Waals surface area contributed by atoms with Crippen LogP contribution in [0.1, 0.15) is 23.7 Å². The molecule has 19 heavy (non-hydrogen) atoms. The van der Waals surface area contributed by atoms with Gasteiger partial charge in [-0.3, -0.25) is 4.72 Å². The first kappa shape index (κ1) is 14.8. The van der Waals surface area contributed by atoms with Crippen LogP contribution in [-0.4, -0.2) is 29.9 Å². The molecule has 8 heteroatoms. The van der Waals surface area contributed by atoms with Crippen molar-refractivity contribution in [1.29, 1.82) is 5.26 Å². The number of rotatable bonds is 5.